The van der Waals surface area contributed by atoms with E-state index in [9.17, 15) is 0 Å². The normalized spacial score (nSPS) is 11.5. The maximum atomic E-state index is 5.34. The minimum atomic E-state index is 1.00. The second-order valence-electron chi connectivity index (χ2n) is 10.2. The van der Waals surface area contributed by atoms with Crippen molar-refractivity contribution in [3.8, 4) is 45.0 Å². The summed E-state index contributed by atoms with van der Waals surface area (Å²) in [6.45, 7) is 0. The van der Waals surface area contributed by atoms with Crippen molar-refractivity contribution in [2.75, 3.05) is 0 Å². The minimum absolute atomic E-state index is 1.00. The van der Waals surface area contributed by atoms with Gasteiger partial charge in [-0.05, 0) is 0 Å². The molecule has 2 heteroatoms. The van der Waals surface area contributed by atoms with Crippen molar-refractivity contribution in [2.24, 2.45) is 0 Å². The third kappa shape index (κ3) is 3.50. The number of pyridine rings is 2. The molecule has 0 radical (unpaired) electrons. The fraction of sp³-hybridized carbons (Fsp3) is 0. The van der Waals surface area contributed by atoms with Crippen LogP contribution in [0.5, 0.6) is 0 Å². The lowest BCUT2D eigenvalue weighted by Gasteiger charge is -2.20. The fourth-order valence-corrected chi connectivity index (χ4v) is 6.01. The van der Waals surface area contributed by atoms with Crippen LogP contribution in [-0.2, 0) is 0 Å². The number of hydrogen-bond donors (Lipinski definition) is 0. The van der Waals surface area contributed by atoms with Crippen LogP contribution >= 0.6 is 0 Å². The van der Waals surface area contributed by atoms with Crippen LogP contribution < -0.4 is 0 Å². The average Bonchev–Trinajstić information content (AvgIpc) is 3.04. The molecule has 0 amide bonds. The zero-order valence-electron chi connectivity index (χ0n) is 21.8. The molecule has 40 heavy (non-hydrogen) atoms. The second-order valence-corrected chi connectivity index (χ2v) is 10.2. The van der Waals surface area contributed by atoms with Crippen LogP contribution in [0.1, 0.15) is 0 Å². The van der Waals surface area contributed by atoms with Gasteiger partial charge in [-0.15, -0.1) is 0 Å². The fourth-order valence-electron chi connectivity index (χ4n) is 6.01. The lowest BCUT2D eigenvalue weighted by molar-refractivity contribution is 1.36. The topological polar surface area (TPSA) is 25.8 Å². The Kier molecular flexibility index (Phi) is 5.17. The van der Waals surface area contributed by atoms with Crippen LogP contribution in [0.2, 0.25) is 0 Å². The largest absolute Gasteiger partial charge is 0.246 e. The Morgan fingerprint density at radius 1 is 0.250 bits per heavy atom. The standard InChI is InChI=1S/C38H24N2/c1-5-13-25(14-6-1)35-29-21-22-31-34-32(24-23-30(33(29)34)36(39-35)26-15-7-2-8-16-26)38(28-19-11-4-12-20-28)40-37(31)27-17-9-3-10-18-27/h1-24H. The quantitative estimate of drug-likeness (QED) is 0.221. The van der Waals surface area contributed by atoms with E-state index < -0.39 is 0 Å². The Labute approximate surface area is 232 Å². The summed E-state index contributed by atoms with van der Waals surface area (Å²) < 4.78 is 0. The molecular formula is C38H24N2. The van der Waals surface area contributed by atoms with E-state index in [1.54, 1.807) is 0 Å². The van der Waals surface area contributed by atoms with Gasteiger partial charge >= 0.3 is 0 Å². The SMILES string of the molecule is c1ccc(-c2nc(-c3ccccc3)c3ccc4c(-c5ccccc5)nc(-c5ccccc5)c5ccc2c3c54)cc1. The Morgan fingerprint density at radius 3 is 0.700 bits per heavy atom. The molecule has 6 aromatic carbocycles. The van der Waals surface area contributed by atoms with Gasteiger partial charge in [0.05, 0.1) is 22.8 Å². The van der Waals surface area contributed by atoms with Crippen LogP contribution in [0.25, 0.3) is 77.3 Å². The Bertz CT molecular complexity index is 1820. The van der Waals surface area contributed by atoms with E-state index in [1.807, 2.05) is 0 Å². The van der Waals surface area contributed by atoms with E-state index >= 15 is 0 Å². The van der Waals surface area contributed by atoms with Gasteiger partial charge in [0, 0.05) is 54.6 Å². The third-order valence-corrected chi connectivity index (χ3v) is 7.82. The van der Waals surface area contributed by atoms with E-state index in [1.165, 1.54) is 10.8 Å². The maximum Gasteiger partial charge on any atom is 0.0788 e. The number of aromatic nitrogens is 2. The van der Waals surface area contributed by atoms with Gasteiger partial charge in [-0.25, -0.2) is 9.97 Å². The summed E-state index contributed by atoms with van der Waals surface area (Å²) in [7, 11) is 0. The van der Waals surface area contributed by atoms with Crippen molar-refractivity contribution in [1.82, 2.24) is 9.97 Å². The molecular weight excluding hydrogens is 484 g/mol. The summed E-state index contributed by atoms with van der Waals surface area (Å²) in [5, 5.41) is 7.09. The lowest BCUT2D eigenvalue weighted by Crippen LogP contribution is -1.98. The predicted molar refractivity (Wildman–Crippen MR) is 167 cm³/mol. The molecule has 0 saturated carbocycles. The molecule has 8 aromatic rings. The lowest BCUT2D eigenvalue weighted by atomic mass is 9.88. The summed E-state index contributed by atoms with van der Waals surface area (Å²) in [5.41, 5.74) is 8.46. The van der Waals surface area contributed by atoms with Gasteiger partial charge in [0.25, 0.3) is 0 Å². The van der Waals surface area contributed by atoms with Crippen LogP contribution in [0.15, 0.2) is 146 Å². The van der Waals surface area contributed by atoms with Crippen LogP contribution in [0.4, 0.5) is 0 Å². The predicted octanol–water partition coefficient (Wildman–Crippen LogP) is 10.0. The molecule has 0 N–H and O–H groups in total. The molecule has 0 aliphatic heterocycles. The zero-order chi connectivity index (χ0) is 26.5. The molecule has 0 fully saturated rings. The molecule has 0 atom stereocenters. The molecule has 2 heterocycles. The molecule has 2 nitrogen and oxygen atoms in total. The molecule has 0 spiro atoms. The molecule has 186 valence electrons. The van der Waals surface area contributed by atoms with Crippen molar-refractivity contribution in [2.45, 2.75) is 0 Å². The maximum absolute atomic E-state index is 5.34. The summed E-state index contributed by atoms with van der Waals surface area (Å²) in [6, 6.07) is 51.1. The van der Waals surface area contributed by atoms with Crippen molar-refractivity contribution in [1.29, 1.82) is 0 Å². The number of hydrogen-bond acceptors (Lipinski definition) is 2. The molecule has 0 bridgehead atoms. The van der Waals surface area contributed by atoms with Crippen molar-refractivity contribution in [3.63, 3.8) is 0 Å². The first-order valence-electron chi connectivity index (χ1n) is 13.6. The van der Waals surface area contributed by atoms with E-state index in [2.05, 4.69) is 146 Å². The summed E-state index contributed by atoms with van der Waals surface area (Å²) in [6.07, 6.45) is 0. The third-order valence-electron chi connectivity index (χ3n) is 7.82. The van der Waals surface area contributed by atoms with Gasteiger partial charge in [-0.3, -0.25) is 0 Å². The average molecular weight is 509 g/mol. The number of benzene rings is 6. The highest BCUT2D eigenvalue weighted by Crippen LogP contribution is 2.46. The summed E-state index contributed by atoms with van der Waals surface area (Å²) in [4.78, 5) is 10.7. The first-order valence-corrected chi connectivity index (χ1v) is 13.6. The smallest absolute Gasteiger partial charge is 0.0788 e. The van der Waals surface area contributed by atoms with Crippen molar-refractivity contribution >= 4 is 32.3 Å². The van der Waals surface area contributed by atoms with Gasteiger partial charge < -0.3 is 0 Å². The van der Waals surface area contributed by atoms with E-state index in [0.717, 1.165) is 66.6 Å². The Hall–Kier alpha value is -5.34. The van der Waals surface area contributed by atoms with Gasteiger partial charge in [-0.1, -0.05) is 146 Å². The van der Waals surface area contributed by atoms with Gasteiger partial charge in [0.1, 0.15) is 0 Å². The first-order chi connectivity index (χ1) is 19.9. The Morgan fingerprint density at radius 2 is 0.475 bits per heavy atom. The molecule has 0 aliphatic rings. The molecule has 0 unspecified atom stereocenters. The molecule has 8 rings (SSSR count). The summed E-state index contributed by atoms with van der Waals surface area (Å²) in [5.74, 6) is 0. The van der Waals surface area contributed by atoms with E-state index in [-0.39, 0.29) is 0 Å². The molecule has 0 aliphatic carbocycles. The van der Waals surface area contributed by atoms with Crippen LogP contribution in [0.3, 0.4) is 0 Å². The van der Waals surface area contributed by atoms with Gasteiger partial charge in [-0.2, -0.15) is 0 Å². The highest BCUT2D eigenvalue weighted by Gasteiger charge is 2.22. The highest BCUT2D eigenvalue weighted by molar-refractivity contribution is 6.30. The van der Waals surface area contributed by atoms with Crippen molar-refractivity contribution < 1.29 is 0 Å². The Balaban J connectivity index is 1.60. The van der Waals surface area contributed by atoms with Crippen LogP contribution in [0, 0.1) is 0 Å². The summed E-state index contributed by atoms with van der Waals surface area (Å²) >= 11 is 0. The van der Waals surface area contributed by atoms with Crippen LogP contribution in [-0.4, -0.2) is 9.97 Å². The molecule has 0 saturated heterocycles. The first kappa shape index (κ1) is 22.6. The zero-order valence-corrected chi connectivity index (χ0v) is 21.8. The number of rotatable bonds is 4. The monoisotopic (exact) mass is 508 g/mol. The van der Waals surface area contributed by atoms with Gasteiger partial charge in [0.15, 0.2) is 0 Å². The minimum Gasteiger partial charge on any atom is -0.246 e. The second kappa shape index (κ2) is 9.14. The van der Waals surface area contributed by atoms with E-state index in [4.69, 9.17) is 9.97 Å². The van der Waals surface area contributed by atoms with Gasteiger partial charge in [0.2, 0.25) is 0 Å². The van der Waals surface area contributed by atoms with Crippen molar-refractivity contribution in [3.05, 3.63) is 146 Å². The highest BCUT2D eigenvalue weighted by atomic mass is 14.7. The molecule has 2 aromatic heterocycles. The number of nitrogens with zero attached hydrogens (tertiary/aromatic N) is 2. The van der Waals surface area contributed by atoms with E-state index in [0.29, 0.717) is 0 Å².